The predicted molar refractivity (Wildman–Crippen MR) is 114 cm³/mol. The molecule has 0 spiro atoms. The van der Waals surface area contributed by atoms with Gasteiger partial charge in [-0.2, -0.15) is 21.0 Å². The minimum absolute atomic E-state index is 0.0215. The minimum Gasteiger partial charge on any atom is -0.433 e. The summed E-state index contributed by atoms with van der Waals surface area (Å²) in [6.07, 6.45) is 0.745. The highest BCUT2D eigenvalue weighted by molar-refractivity contribution is 7.94. The van der Waals surface area contributed by atoms with Gasteiger partial charge in [0.2, 0.25) is 0 Å². The highest BCUT2D eigenvalue weighted by Gasteiger charge is 2.28. The number of rotatable bonds is 7. The number of halogens is 3. The lowest BCUT2D eigenvalue weighted by Crippen LogP contribution is -2.44. The molecule has 164 valence electrons. The molecule has 1 saturated heterocycles. The summed E-state index contributed by atoms with van der Waals surface area (Å²) in [5.74, 6) is -0.309. The Balaban J connectivity index is 2.01. The van der Waals surface area contributed by atoms with Crippen LogP contribution in [0.3, 0.4) is 0 Å². The average Bonchev–Trinajstić information content (AvgIpc) is 2.73. The highest BCUT2D eigenvalue weighted by atomic mass is 35.5. The first-order valence-electron chi connectivity index (χ1n) is 9.59. The van der Waals surface area contributed by atoms with Gasteiger partial charge in [-0.15, -0.1) is 0 Å². The van der Waals surface area contributed by atoms with Crippen LogP contribution in [0.15, 0.2) is 41.3 Å². The molecule has 1 fully saturated rings. The van der Waals surface area contributed by atoms with Gasteiger partial charge in [-0.05, 0) is 48.7 Å². The fourth-order valence-corrected chi connectivity index (χ4v) is 4.86. The molecule has 0 aliphatic carbocycles. The SMILES string of the molecule is CCc1ccc(S(=O)(=O)N(Cl)c2ccc(C)cc2OC(F)F)cc1N1CCNCC1. The highest BCUT2D eigenvalue weighted by Crippen LogP contribution is 2.37. The Morgan fingerprint density at radius 1 is 1.20 bits per heavy atom. The summed E-state index contributed by atoms with van der Waals surface area (Å²) in [6, 6.07) is 9.08. The predicted octanol–water partition coefficient (Wildman–Crippen LogP) is 3.92. The van der Waals surface area contributed by atoms with Gasteiger partial charge in [-0.1, -0.05) is 19.1 Å². The van der Waals surface area contributed by atoms with E-state index in [9.17, 15) is 17.2 Å². The molecule has 3 rings (SSSR count). The Morgan fingerprint density at radius 2 is 1.90 bits per heavy atom. The van der Waals surface area contributed by atoms with Gasteiger partial charge in [-0.3, -0.25) is 0 Å². The van der Waals surface area contributed by atoms with Crippen molar-refractivity contribution in [1.29, 1.82) is 0 Å². The Morgan fingerprint density at radius 3 is 2.53 bits per heavy atom. The lowest BCUT2D eigenvalue weighted by atomic mass is 10.1. The van der Waals surface area contributed by atoms with Crippen LogP contribution in [-0.2, 0) is 16.4 Å². The van der Waals surface area contributed by atoms with Crippen LogP contribution in [0.4, 0.5) is 20.2 Å². The van der Waals surface area contributed by atoms with Gasteiger partial charge in [0.1, 0.15) is 5.69 Å². The number of nitrogens with zero attached hydrogens (tertiary/aromatic N) is 2. The second-order valence-electron chi connectivity index (χ2n) is 6.95. The quantitative estimate of drug-likeness (QED) is 0.636. The maximum atomic E-state index is 13.2. The van der Waals surface area contributed by atoms with E-state index in [2.05, 4.69) is 15.0 Å². The van der Waals surface area contributed by atoms with Crippen LogP contribution < -0.4 is 18.8 Å². The zero-order valence-electron chi connectivity index (χ0n) is 16.7. The molecule has 2 aromatic carbocycles. The van der Waals surface area contributed by atoms with Crippen LogP contribution in [0.2, 0.25) is 0 Å². The summed E-state index contributed by atoms with van der Waals surface area (Å²) >= 11 is 6.18. The zero-order valence-corrected chi connectivity index (χ0v) is 18.3. The number of hydrogen-bond acceptors (Lipinski definition) is 5. The summed E-state index contributed by atoms with van der Waals surface area (Å²) in [5, 5.41) is 3.27. The molecule has 0 unspecified atom stereocenters. The fourth-order valence-electron chi connectivity index (χ4n) is 3.38. The molecule has 0 radical (unpaired) electrons. The van der Waals surface area contributed by atoms with Gasteiger partial charge in [-0.25, -0.2) is 0 Å². The maximum Gasteiger partial charge on any atom is 0.387 e. The number of sulfonamides is 1. The third-order valence-electron chi connectivity index (χ3n) is 4.92. The lowest BCUT2D eigenvalue weighted by Gasteiger charge is -2.31. The van der Waals surface area contributed by atoms with Crippen LogP contribution >= 0.6 is 11.8 Å². The van der Waals surface area contributed by atoms with E-state index < -0.39 is 16.6 Å². The van der Waals surface area contributed by atoms with Gasteiger partial charge in [0.05, 0.1) is 4.90 Å². The number of alkyl halides is 2. The van der Waals surface area contributed by atoms with Crippen molar-refractivity contribution in [2.75, 3.05) is 34.9 Å². The van der Waals surface area contributed by atoms with E-state index in [4.69, 9.17) is 11.8 Å². The van der Waals surface area contributed by atoms with E-state index in [1.807, 2.05) is 6.92 Å². The van der Waals surface area contributed by atoms with Crippen molar-refractivity contribution in [3.8, 4) is 5.75 Å². The molecular formula is C20H24ClF2N3O3S. The van der Waals surface area contributed by atoms with Gasteiger partial charge in [0.25, 0.3) is 10.0 Å². The first kappa shape index (κ1) is 22.6. The Kier molecular flexibility index (Phi) is 7.05. The second-order valence-corrected chi connectivity index (χ2v) is 9.28. The van der Waals surface area contributed by atoms with Crippen molar-refractivity contribution in [2.45, 2.75) is 31.8 Å². The van der Waals surface area contributed by atoms with Crippen LogP contribution in [0.25, 0.3) is 0 Å². The molecule has 30 heavy (non-hydrogen) atoms. The van der Waals surface area contributed by atoms with E-state index in [-0.39, 0.29) is 16.3 Å². The molecule has 0 bridgehead atoms. The molecule has 1 aliphatic heterocycles. The fraction of sp³-hybridized carbons (Fsp3) is 0.400. The largest absolute Gasteiger partial charge is 0.433 e. The lowest BCUT2D eigenvalue weighted by molar-refractivity contribution is -0.0494. The van der Waals surface area contributed by atoms with Gasteiger partial charge in [0.15, 0.2) is 5.75 Å². The van der Waals surface area contributed by atoms with Crippen molar-refractivity contribution in [3.05, 3.63) is 47.5 Å². The standard InChI is InChI=1S/C20H24ClF2N3O3S/c1-3-15-5-6-16(13-18(15)25-10-8-24-9-11-25)30(27,28)26(21)17-7-4-14(2)12-19(17)29-20(22)23/h4-7,12-13,20,24H,3,8-11H2,1-2H3. The molecule has 1 heterocycles. The molecule has 0 aromatic heterocycles. The van der Waals surface area contributed by atoms with Gasteiger partial charge < -0.3 is 15.0 Å². The number of ether oxygens (including phenoxy) is 1. The van der Waals surface area contributed by atoms with Crippen LogP contribution in [0, 0.1) is 6.92 Å². The monoisotopic (exact) mass is 459 g/mol. The normalized spacial score (nSPS) is 14.8. The third-order valence-corrected chi connectivity index (χ3v) is 7.12. The molecule has 6 nitrogen and oxygen atoms in total. The first-order chi connectivity index (χ1) is 14.2. The van der Waals surface area contributed by atoms with Gasteiger partial charge >= 0.3 is 6.61 Å². The van der Waals surface area contributed by atoms with Crippen LogP contribution in [-0.4, -0.2) is 41.2 Å². The van der Waals surface area contributed by atoms with E-state index in [0.717, 1.165) is 43.9 Å². The Hall–Kier alpha value is -2.10. The number of hydrogen-bond donors (Lipinski definition) is 1. The molecule has 1 aliphatic rings. The summed E-state index contributed by atoms with van der Waals surface area (Å²) in [5.41, 5.74) is 2.31. The molecule has 0 atom stereocenters. The molecule has 1 N–H and O–H groups in total. The smallest absolute Gasteiger partial charge is 0.387 e. The summed E-state index contributed by atoms with van der Waals surface area (Å²) in [4.78, 5) is 2.11. The van der Waals surface area contributed by atoms with Crippen molar-refractivity contribution >= 4 is 33.2 Å². The number of nitrogens with one attached hydrogen (secondary N) is 1. The van der Waals surface area contributed by atoms with E-state index in [0.29, 0.717) is 9.39 Å². The van der Waals surface area contributed by atoms with Crippen LogP contribution in [0.5, 0.6) is 5.75 Å². The number of aryl methyl sites for hydroxylation is 2. The summed E-state index contributed by atoms with van der Waals surface area (Å²) in [6.45, 7) is 3.69. The molecular weight excluding hydrogens is 436 g/mol. The van der Waals surface area contributed by atoms with Gasteiger partial charge in [0, 0.05) is 43.6 Å². The van der Waals surface area contributed by atoms with E-state index >= 15 is 0 Å². The van der Waals surface area contributed by atoms with Crippen molar-refractivity contribution in [3.63, 3.8) is 0 Å². The first-order valence-corrected chi connectivity index (χ1v) is 11.4. The molecule has 10 heteroatoms. The summed E-state index contributed by atoms with van der Waals surface area (Å²) in [7, 11) is -4.22. The number of piperazine rings is 1. The Bertz CT molecular complexity index is 999. The maximum absolute atomic E-state index is 13.2. The topological polar surface area (TPSA) is 61.9 Å². The molecule has 0 amide bonds. The molecule has 0 saturated carbocycles. The average molecular weight is 460 g/mol. The summed E-state index contributed by atoms with van der Waals surface area (Å²) < 4.78 is 57.0. The third kappa shape index (κ3) is 4.79. The minimum atomic E-state index is -4.22. The van der Waals surface area contributed by atoms with E-state index in [1.54, 1.807) is 25.1 Å². The number of benzene rings is 2. The number of anilines is 2. The second kappa shape index (κ2) is 9.36. The molecule has 2 aromatic rings. The Labute approximate surface area is 180 Å². The van der Waals surface area contributed by atoms with E-state index in [1.165, 1.54) is 18.2 Å². The van der Waals surface area contributed by atoms with Crippen molar-refractivity contribution in [1.82, 2.24) is 5.32 Å². The van der Waals surface area contributed by atoms with Crippen molar-refractivity contribution < 1.29 is 21.9 Å². The van der Waals surface area contributed by atoms with Crippen LogP contribution in [0.1, 0.15) is 18.1 Å². The zero-order chi connectivity index (χ0) is 21.9. The van der Waals surface area contributed by atoms with Crippen molar-refractivity contribution in [2.24, 2.45) is 0 Å².